The van der Waals surface area contributed by atoms with Crippen LogP contribution in [-0.4, -0.2) is 25.5 Å². The molecule has 3 rings (SSSR count). The van der Waals surface area contributed by atoms with E-state index in [4.69, 9.17) is 23.2 Å². The lowest BCUT2D eigenvalue weighted by atomic mass is 9.92. The van der Waals surface area contributed by atoms with E-state index in [1.54, 1.807) is 0 Å². The summed E-state index contributed by atoms with van der Waals surface area (Å²) in [6, 6.07) is 12.4. The lowest BCUT2D eigenvalue weighted by molar-refractivity contribution is 0.417. The van der Waals surface area contributed by atoms with E-state index >= 15 is 0 Å². The Morgan fingerprint density at radius 3 is 2.52 bits per heavy atom. The molecule has 0 spiro atoms. The fraction of sp³-hybridized carbons (Fsp3) is 0.200. The molecule has 0 heterocycles. The molecule has 0 aromatic heterocycles. The molecule has 0 unspecified atom stereocenters. The summed E-state index contributed by atoms with van der Waals surface area (Å²) in [6.07, 6.45) is 7.46. The second kappa shape index (κ2) is 6.92. The van der Waals surface area contributed by atoms with Crippen LogP contribution in [0.15, 0.2) is 42.5 Å². The molecule has 0 bridgehead atoms. The molecular formula is C20H19Cl2N. The minimum atomic E-state index is 0.591. The predicted octanol–water partition coefficient (Wildman–Crippen LogP) is 5.86. The van der Waals surface area contributed by atoms with Gasteiger partial charge in [0.25, 0.3) is 0 Å². The zero-order chi connectivity index (χ0) is 16.4. The van der Waals surface area contributed by atoms with Crippen LogP contribution in [0.3, 0.4) is 0 Å². The Balaban J connectivity index is 2.17. The highest BCUT2D eigenvalue weighted by Gasteiger charge is 2.17. The van der Waals surface area contributed by atoms with E-state index in [1.165, 1.54) is 16.7 Å². The quantitative estimate of drug-likeness (QED) is 0.575. The largest absolute Gasteiger partial charge is 0.309 e. The summed E-state index contributed by atoms with van der Waals surface area (Å²) in [5.74, 6) is 0. The minimum absolute atomic E-state index is 0.591. The molecule has 1 nitrogen and oxygen atoms in total. The van der Waals surface area contributed by atoms with Crippen molar-refractivity contribution in [3.05, 3.63) is 74.8 Å². The van der Waals surface area contributed by atoms with Crippen LogP contribution in [-0.2, 0) is 0 Å². The summed E-state index contributed by atoms with van der Waals surface area (Å²) in [4.78, 5) is 2.19. The first-order valence-corrected chi connectivity index (χ1v) is 8.44. The van der Waals surface area contributed by atoms with E-state index in [2.05, 4.69) is 67.6 Å². The molecule has 2 aromatic carbocycles. The van der Waals surface area contributed by atoms with Gasteiger partial charge in [0, 0.05) is 12.1 Å². The Kier molecular flexibility index (Phi) is 4.91. The second-order valence-electron chi connectivity index (χ2n) is 5.95. The van der Waals surface area contributed by atoms with Crippen LogP contribution in [0.5, 0.6) is 0 Å². The van der Waals surface area contributed by atoms with Crippen molar-refractivity contribution in [2.24, 2.45) is 0 Å². The van der Waals surface area contributed by atoms with Crippen LogP contribution in [0.2, 0.25) is 10.0 Å². The summed E-state index contributed by atoms with van der Waals surface area (Å²) in [5.41, 5.74) is 5.79. The highest BCUT2D eigenvalue weighted by atomic mass is 35.5. The van der Waals surface area contributed by atoms with Gasteiger partial charge >= 0.3 is 0 Å². The Morgan fingerprint density at radius 2 is 1.74 bits per heavy atom. The Labute approximate surface area is 147 Å². The number of fused-ring (bicyclic) bond motifs is 2. The van der Waals surface area contributed by atoms with E-state index in [9.17, 15) is 0 Å². The minimum Gasteiger partial charge on any atom is -0.309 e. The van der Waals surface area contributed by atoms with E-state index in [0.717, 1.165) is 24.1 Å². The smallest absolute Gasteiger partial charge is 0.0670 e. The van der Waals surface area contributed by atoms with Gasteiger partial charge in [0.15, 0.2) is 0 Å². The SMILES string of the molecule is CN(C)CCC=C1c2ccccc2C=Cc2c1ccc(Cl)c2Cl. The molecule has 23 heavy (non-hydrogen) atoms. The third kappa shape index (κ3) is 3.37. The number of benzene rings is 2. The van der Waals surface area contributed by atoms with Gasteiger partial charge in [-0.15, -0.1) is 0 Å². The first-order chi connectivity index (χ1) is 11.1. The van der Waals surface area contributed by atoms with Crippen molar-refractivity contribution in [3.8, 4) is 0 Å². The number of rotatable bonds is 3. The van der Waals surface area contributed by atoms with Crippen LogP contribution in [0.1, 0.15) is 28.7 Å². The lowest BCUT2D eigenvalue weighted by Gasteiger charge is -2.14. The Hall–Kier alpha value is -1.54. The van der Waals surface area contributed by atoms with Crippen molar-refractivity contribution in [2.75, 3.05) is 20.6 Å². The molecule has 0 N–H and O–H groups in total. The zero-order valence-corrected chi connectivity index (χ0v) is 14.8. The summed E-state index contributed by atoms with van der Waals surface area (Å²) in [7, 11) is 4.18. The number of hydrogen-bond acceptors (Lipinski definition) is 1. The highest BCUT2D eigenvalue weighted by molar-refractivity contribution is 6.43. The standard InChI is InChI=1S/C20H19Cl2N/c1-23(2)13-5-8-16-15-7-4-3-6-14(15)9-10-18-17(16)11-12-19(21)20(18)22/h3-4,6-12H,5,13H2,1-2H3. The third-order valence-corrected chi connectivity index (χ3v) is 4.85. The van der Waals surface area contributed by atoms with Crippen molar-refractivity contribution >= 4 is 40.9 Å². The van der Waals surface area contributed by atoms with Crippen molar-refractivity contribution in [3.63, 3.8) is 0 Å². The summed E-state index contributed by atoms with van der Waals surface area (Å²) in [5, 5.41) is 1.21. The van der Waals surface area contributed by atoms with Crippen molar-refractivity contribution in [1.29, 1.82) is 0 Å². The topological polar surface area (TPSA) is 3.24 Å². The molecule has 0 atom stereocenters. The first kappa shape index (κ1) is 16.3. The molecule has 0 fully saturated rings. The Morgan fingerprint density at radius 1 is 0.957 bits per heavy atom. The number of nitrogens with zero attached hydrogens (tertiary/aromatic N) is 1. The predicted molar refractivity (Wildman–Crippen MR) is 102 cm³/mol. The molecular weight excluding hydrogens is 325 g/mol. The monoisotopic (exact) mass is 343 g/mol. The van der Waals surface area contributed by atoms with Crippen LogP contribution in [0.25, 0.3) is 17.7 Å². The zero-order valence-electron chi connectivity index (χ0n) is 13.3. The molecule has 1 aliphatic carbocycles. The maximum atomic E-state index is 6.46. The molecule has 0 aliphatic heterocycles. The average Bonchev–Trinajstić information content (AvgIpc) is 2.69. The van der Waals surface area contributed by atoms with Gasteiger partial charge < -0.3 is 4.90 Å². The van der Waals surface area contributed by atoms with Crippen LogP contribution >= 0.6 is 23.2 Å². The molecule has 0 saturated carbocycles. The summed E-state index contributed by atoms with van der Waals surface area (Å²) < 4.78 is 0. The normalized spacial score (nSPS) is 14.7. The lowest BCUT2D eigenvalue weighted by Crippen LogP contribution is -2.12. The van der Waals surface area contributed by atoms with Gasteiger partial charge in [-0.05, 0) is 48.8 Å². The number of halogens is 2. The van der Waals surface area contributed by atoms with Gasteiger partial charge in [-0.1, -0.05) is 71.8 Å². The third-order valence-electron chi connectivity index (χ3n) is 4.03. The van der Waals surface area contributed by atoms with Gasteiger partial charge in [0.1, 0.15) is 0 Å². The first-order valence-electron chi connectivity index (χ1n) is 7.68. The molecule has 0 saturated heterocycles. The highest BCUT2D eigenvalue weighted by Crippen LogP contribution is 2.39. The van der Waals surface area contributed by atoms with Gasteiger partial charge in [-0.3, -0.25) is 0 Å². The van der Waals surface area contributed by atoms with E-state index < -0.39 is 0 Å². The van der Waals surface area contributed by atoms with Crippen molar-refractivity contribution in [1.82, 2.24) is 4.90 Å². The second-order valence-corrected chi connectivity index (χ2v) is 6.74. The van der Waals surface area contributed by atoms with Crippen LogP contribution in [0.4, 0.5) is 0 Å². The fourth-order valence-corrected chi connectivity index (χ4v) is 3.25. The van der Waals surface area contributed by atoms with E-state index in [1.807, 2.05) is 6.07 Å². The van der Waals surface area contributed by atoms with Crippen molar-refractivity contribution in [2.45, 2.75) is 6.42 Å². The molecule has 0 radical (unpaired) electrons. The number of hydrogen-bond donors (Lipinski definition) is 0. The van der Waals surface area contributed by atoms with E-state index in [-0.39, 0.29) is 0 Å². The van der Waals surface area contributed by atoms with Gasteiger partial charge in [0.2, 0.25) is 0 Å². The average molecular weight is 344 g/mol. The summed E-state index contributed by atoms with van der Waals surface area (Å²) in [6.45, 7) is 1.01. The molecule has 2 aromatic rings. The maximum Gasteiger partial charge on any atom is 0.0670 e. The molecule has 118 valence electrons. The van der Waals surface area contributed by atoms with Crippen LogP contribution < -0.4 is 0 Å². The molecule has 3 heteroatoms. The van der Waals surface area contributed by atoms with Gasteiger partial charge in [-0.2, -0.15) is 0 Å². The van der Waals surface area contributed by atoms with Gasteiger partial charge in [-0.25, -0.2) is 0 Å². The van der Waals surface area contributed by atoms with Crippen molar-refractivity contribution < 1.29 is 0 Å². The van der Waals surface area contributed by atoms with E-state index in [0.29, 0.717) is 10.0 Å². The summed E-state index contributed by atoms with van der Waals surface area (Å²) >= 11 is 12.7. The molecule has 1 aliphatic rings. The van der Waals surface area contributed by atoms with Gasteiger partial charge in [0.05, 0.1) is 10.0 Å². The fourth-order valence-electron chi connectivity index (χ4n) is 2.86. The Bertz CT molecular complexity index is 788. The molecule has 0 amide bonds. The maximum absolute atomic E-state index is 6.46. The van der Waals surface area contributed by atoms with Crippen LogP contribution in [0, 0.1) is 0 Å².